The molecule has 4 aromatic rings. The first-order valence-electron chi connectivity index (χ1n) is 12.2. The fraction of sp³-hybridized carbons (Fsp3) is 0.346. The molecular weight excluding hydrogens is 477 g/mol. The molecule has 0 aliphatic rings. The Hall–Kier alpha value is -3.96. The van der Waals surface area contributed by atoms with Crippen LogP contribution in [0.5, 0.6) is 5.75 Å². The Bertz CT molecular complexity index is 1460. The fourth-order valence-corrected chi connectivity index (χ4v) is 3.89. The zero-order valence-electron chi connectivity index (χ0n) is 21.1. The van der Waals surface area contributed by atoms with Crippen molar-refractivity contribution in [3.63, 3.8) is 0 Å². The third-order valence-corrected chi connectivity index (χ3v) is 6.11. The highest BCUT2D eigenvalue weighted by atomic mass is 19.1. The Morgan fingerprint density at radius 1 is 0.973 bits per heavy atom. The van der Waals surface area contributed by atoms with Gasteiger partial charge in [0, 0.05) is 32.2 Å². The molecule has 0 radical (unpaired) electrons. The summed E-state index contributed by atoms with van der Waals surface area (Å²) in [5, 5.41) is 11.7. The predicted octanol–water partition coefficient (Wildman–Crippen LogP) is 1.99. The van der Waals surface area contributed by atoms with Crippen molar-refractivity contribution in [3.05, 3.63) is 75.2 Å². The van der Waals surface area contributed by atoms with Crippen LogP contribution in [0.15, 0.2) is 58.1 Å². The predicted molar refractivity (Wildman–Crippen MR) is 140 cm³/mol. The molecule has 4 rings (SSSR count). The second-order valence-electron chi connectivity index (χ2n) is 8.42. The third-order valence-electron chi connectivity index (χ3n) is 6.11. The number of ether oxygens (including phenoxy) is 1. The van der Waals surface area contributed by atoms with Crippen molar-refractivity contribution in [2.24, 2.45) is 7.05 Å². The molecule has 0 saturated carbocycles. The van der Waals surface area contributed by atoms with Gasteiger partial charge in [-0.1, -0.05) is 13.8 Å². The number of benzene rings is 2. The molecule has 2 aromatic heterocycles. The van der Waals surface area contributed by atoms with Crippen molar-refractivity contribution in [1.29, 1.82) is 0 Å². The van der Waals surface area contributed by atoms with Crippen LogP contribution in [0.1, 0.15) is 13.8 Å². The first-order valence-corrected chi connectivity index (χ1v) is 12.2. The van der Waals surface area contributed by atoms with Gasteiger partial charge in [-0.15, -0.1) is 10.2 Å². The van der Waals surface area contributed by atoms with E-state index in [1.54, 1.807) is 24.3 Å². The highest BCUT2D eigenvalue weighted by molar-refractivity contribution is 5.73. The van der Waals surface area contributed by atoms with Gasteiger partial charge in [0.05, 0.1) is 5.69 Å². The normalized spacial score (nSPS) is 11.4. The van der Waals surface area contributed by atoms with Crippen LogP contribution in [0.25, 0.3) is 28.2 Å². The van der Waals surface area contributed by atoms with Gasteiger partial charge in [-0.25, -0.2) is 18.7 Å². The Balaban J connectivity index is 1.50. The van der Waals surface area contributed by atoms with E-state index in [9.17, 15) is 14.0 Å². The Morgan fingerprint density at radius 3 is 2.35 bits per heavy atom. The first-order chi connectivity index (χ1) is 17.9. The molecular formula is C26H30FN7O3. The lowest BCUT2D eigenvalue weighted by molar-refractivity contribution is 0.285. The number of fused-ring (bicyclic) bond motifs is 1. The minimum Gasteiger partial charge on any atom is -0.492 e. The number of nitrogens with one attached hydrogen (secondary N) is 1. The van der Waals surface area contributed by atoms with E-state index in [2.05, 4.69) is 39.2 Å². The van der Waals surface area contributed by atoms with Crippen molar-refractivity contribution in [2.45, 2.75) is 13.8 Å². The maximum atomic E-state index is 13.4. The van der Waals surface area contributed by atoms with Gasteiger partial charge in [-0.05, 0) is 61.6 Å². The molecule has 2 heterocycles. The molecule has 37 heavy (non-hydrogen) atoms. The molecule has 0 bridgehead atoms. The van der Waals surface area contributed by atoms with Crippen LogP contribution in [0, 0.1) is 5.82 Å². The highest BCUT2D eigenvalue weighted by Crippen LogP contribution is 2.20. The lowest BCUT2D eigenvalue weighted by Gasteiger charge is -2.18. The van der Waals surface area contributed by atoms with Gasteiger partial charge >= 0.3 is 5.69 Å². The smallest absolute Gasteiger partial charge is 0.337 e. The zero-order valence-corrected chi connectivity index (χ0v) is 21.1. The minimum absolute atomic E-state index is 0.00286. The van der Waals surface area contributed by atoms with Crippen molar-refractivity contribution in [2.75, 3.05) is 39.3 Å². The summed E-state index contributed by atoms with van der Waals surface area (Å²) in [6.45, 7) is 9.57. The summed E-state index contributed by atoms with van der Waals surface area (Å²) in [5.41, 5.74) is -0.259. The molecule has 0 aliphatic carbocycles. The second-order valence-corrected chi connectivity index (χ2v) is 8.42. The molecule has 0 spiro atoms. The van der Waals surface area contributed by atoms with Crippen LogP contribution < -0.4 is 21.3 Å². The summed E-state index contributed by atoms with van der Waals surface area (Å²) in [5.74, 6) is 0.485. The molecule has 194 valence electrons. The van der Waals surface area contributed by atoms with Crippen LogP contribution in [0.3, 0.4) is 0 Å². The average Bonchev–Trinajstić information content (AvgIpc) is 2.93. The first kappa shape index (κ1) is 26.1. The Morgan fingerprint density at radius 2 is 1.68 bits per heavy atom. The molecule has 11 heteroatoms. The van der Waals surface area contributed by atoms with Crippen LogP contribution in [-0.2, 0) is 7.05 Å². The van der Waals surface area contributed by atoms with Crippen molar-refractivity contribution in [1.82, 2.24) is 34.5 Å². The molecule has 1 N–H and O–H groups in total. The van der Waals surface area contributed by atoms with E-state index in [4.69, 9.17) is 4.74 Å². The zero-order chi connectivity index (χ0) is 26.4. The monoisotopic (exact) mass is 507 g/mol. The summed E-state index contributed by atoms with van der Waals surface area (Å²) in [7, 11) is 1.36. The van der Waals surface area contributed by atoms with Gasteiger partial charge in [-0.3, -0.25) is 9.36 Å². The molecule has 10 nitrogen and oxygen atoms in total. The van der Waals surface area contributed by atoms with Crippen LogP contribution >= 0.6 is 0 Å². The van der Waals surface area contributed by atoms with Crippen LogP contribution in [0.4, 0.5) is 4.39 Å². The maximum Gasteiger partial charge on any atom is 0.337 e. The number of likely N-dealkylation sites (N-methyl/N-ethyl adjacent to an activating group) is 1. The number of rotatable bonds is 11. The molecule has 0 atom stereocenters. The van der Waals surface area contributed by atoms with Crippen LogP contribution in [0.2, 0.25) is 0 Å². The van der Waals surface area contributed by atoms with E-state index in [0.717, 1.165) is 37.3 Å². The quantitative estimate of drug-likeness (QED) is 0.307. The van der Waals surface area contributed by atoms with Gasteiger partial charge in [-0.2, -0.15) is 0 Å². The standard InChI is InChI=1S/C26H30FN7O3/c1-4-33(5-2)16-14-28-15-17-37-21-12-6-18(7-13-21)23-29-22-24(31-30-23)34(26(36)32(3)25(22)35)20-10-8-19(27)9-11-20/h6-13,28H,4-5,14-17H2,1-3H3. The summed E-state index contributed by atoms with van der Waals surface area (Å²) >= 11 is 0. The number of nitrogens with zero attached hydrogens (tertiary/aromatic N) is 6. The number of aromatic nitrogens is 5. The van der Waals surface area contributed by atoms with E-state index in [1.165, 1.54) is 35.9 Å². The van der Waals surface area contributed by atoms with Crippen molar-refractivity contribution < 1.29 is 9.13 Å². The molecule has 0 fully saturated rings. The lowest BCUT2D eigenvalue weighted by Crippen LogP contribution is -2.38. The van der Waals surface area contributed by atoms with E-state index >= 15 is 0 Å². The van der Waals surface area contributed by atoms with Gasteiger partial charge in [0.2, 0.25) is 0 Å². The number of halogens is 1. The molecule has 0 unspecified atom stereocenters. The number of hydrogen-bond acceptors (Lipinski definition) is 8. The van der Waals surface area contributed by atoms with Crippen molar-refractivity contribution in [3.8, 4) is 22.8 Å². The SMILES string of the molecule is CCN(CC)CCNCCOc1ccc(-c2nnc3c(n2)c(=O)n(C)c(=O)n3-c2ccc(F)cc2)cc1. The summed E-state index contributed by atoms with van der Waals surface area (Å²) in [4.78, 5) is 32.4. The van der Waals surface area contributed by atoms with E-state index < -0.39 is 17.1 Å². The van der Waals surface area contributed by atoms with E-state index in [0.29, 0.717) is 23.6 Å². The topological polar surface area (TPSA) is 107 Å². The molecule has 0 amide bonds. The second kappa shape index (κ2) is 11.8. The summed E-state index contributed by atoms with van der Waals surface area (Å²) in [6, 6.07) is 12.5. The third kappa shape index (κ3) is 5.89. The van der Waals surface area contributed by atoms with E-state index in [1.807, 2.05) is 0 Å². The molecule has 0 saturated heterocycles. The molecule has 2 aromatic carbocycles. The van der Waals surface area contributed by atoms with Gasteiger partial charge in [0.15, 0.2) is 17.0 Å². The van der Waals surface area contributed by atoms with Gasteiger partial charge < -0.3 is 15.0 Å². The Kier molecular flexibility index (Phi) is 8.36. The maximum absolute atomic E-state index is 13.4. The summed E-state index contributed by atoms with van der Waals surface area (Å²) in [6.07, 6.45) is 0. The largest absolute Gasteiger partial charge is 0.492 e. The average molecular weight is 508 g/mol. The van der Waals surface area contributed by atoms with Crippen LogP contribution in [-0.4, -0.2) is 68.5 Å². The minimum atomic E-state index is -0.628. The number of hydrogen-bond donors (Lipinski definition) is 1. The lowest BCUT2D eigenvalue weighted by atomic mass is 10.2. The molecule has 0 aliphatic heterocycles. The van der Waals surface area contributed by atoms with Gasteiger partial charge in [0.1, 0.15) is 18.2 Å². The summed E-state index contributed by atoms with van der Waals surface area (Å²) < 4.78 is 21.3. The highest BCUT2D eigenvalue weighted by Gasteiger charge is 2.17. The Labute approximate surface area is 213 Å². The van der Waals surface area contributed by atoms with Crippen molar-refractivity contribution >= 4 is 11.2 Å². The van der Waals surface area contributed by atoms with E-state index in [-0.39, 0.29) is 17.0 Å². The fourth-order valence-electron chi connectivity index (χ4n) is 3.89. The van der Waals surface area contributed by atoms with Gasteiger partial charge in [0.25, 0.3) is 5.56 Å².